The normalized spacial score (nSPS) is 16.1. The maximum Gasteiger partial charge on any atom is 0.191 e. The maximum absolute atomic E-state index is 5.98. The highest BCUT2D eigenvalue weighted by Gasteiger charge is 2.19. The smallest absolute Gasteiger partial charge is 0.191 e. The summed E-state index contributed by atoms with van der Waals surface area (Å²) in [4.78, 5) is 7.20. The first-order valence-corrected chi connectivity index (χ1v) is 9.56. The van der Waals surface area contributed by atoms with Gasteiger partial charge in [0.15, 0.2) is 5.96 Å². The Morgan fingerprint density at radius 3 is 2.74 bits per heavy atom. The molecule has 0 spiro atoms. The summed E-state index contributed by atoms with van der Waals surface area (Å²) in [6.45, 7) is 12.6. The van der Waals surface area contributed by atoms with Crippen LogP contribution in [0.2, 0.25) is 0 Å². The number of nitrogens with one attached hydrogen (secondary N) is 2. The van der Waals surface area contributed by atoms with E-state index < -0.39 is 0 Å². The standard InChI is InChI=1S/C21H30N4O.HI/c1-4-12-25-13-10-17(11-14-25)24-21(22-5-2)23-15-20-16(3)18-8-6-7-9-19(18)26-20;/h4,6-9,17H,1,5,10-15H2,2-3H3,(H2,22,23,24);1H. The molecule has 1 fully saturated rings. The van der Waals surface area contributed by atoms with Crippen molar-refractivity contribution in [2.75, 3.05) is 26.2 Å². The molecule has 6 heteroatoms. The fourth-order valence-corrected chi connectivity index (χ4v) is 3.48. The van der Waals surface area contributed by atoms with E-state index in [0.717, 1.165) is 56.3 Å². The van der Waals surface area contributed by atoms with Crippen LogP contribution in [-0.4, -0.2) is 43.1 Å². The Labute approximate surface area is 179 Å². The number of benzene rings is 1. The lowest BCUT2D eigenvalue weighted by Gasteiger charge is -2.32. The highest BCUT2D eigenvalue weighted by molar-refractivity contribution is 14.0. The number of furan rings is 1. The second-order valence-corrected chi connectivity index (χ2v) is 6.85. The van der Waals surface area contributed by atoms with Crippen LogP contribution in [-0.2, 0) is 6.54 Å². The number of aryl methyl sites for hydroxylation is 1. The largest absolute Gasteiger partial charge is 0.459 e. The minimum absolute atomic E-state index is 0. The van der Waals surface area contributed by atoms with Gasteiger partial charge in [0.2, 0.25) is 0 Å². The molecule has 1 aromatic heterocycles. The van der Waals surface area contributed by atoms with Crippen molar-refractivity contribution in [3.8, 4) is 0 Å². The average molecular weight is 482 g/mol. The Balaban J connectivity index is 0.00000261. The van der Waals surface area contributed by atoms with Gasteiger partial charge in [0, 0.05) is 43.2 Å². The molecule has 1 aliphatic heterocycles. The lowest BCUT2D eigenvalue weighted by Crippen LogP contribution is -2.48. The molecule has 0 aliphatic carbocycles. The summed E-state index contributed by atoms with van der Waals surface area (Å²) in [5.74, 6) is 1.80. The van der Waals surface area contributed by atoms with E-state index in [4.69, 9.17) is 9.41 Å². The highest BCUT2D eigenvalue weighted by atomic mass is 127. The topological polar surface area (TPSA) is 52.8 Å². The van der Waals surface area contributed by atoms with Gasteiger partial charge in [-0.05, 0) is 32.8 Å². The highest BCUT2D eigenvalue weighted by Crippen LogP contribution is 2.25. The molecule has 1 saturated heterocycles. The minimum atomic E-state index is 0. The number of nitrogens with zero attached hydrogens (tertiary/aromatic N) is 2. The average Bonchev–Trinajstić information content (AvgIpc) is 2.98. The second-order valence-electron chi connectivity index (χ2n) is 6.85. The molecule has 1 aromatic carbocycles. The molecule has 2 heterocycles. The van der Waals surface area contributed by atoms with Crippen LogP contribution in [0.15, 0.2) is 46.3 Å². The Morgan fingerprint density at radius 1 is 1.33 bits per heavy atom. The Kier molecular flexibility index (Phi) is 8.63. The Hall–Kier alpha value is -1.54. The predicted molar refractivity (Wildman–Crippen MR) is 124 cm³/mol. The van der Waals surface area contributed by atoms with Crippen molar-refractivity contribution in [3.63, 3.8) is 0 Å². The van der Waals surface area contributed by atoms with Crippen LogP contribution >= 0.6 is 24.0 Å². The van der Waals surface area contributed by atoms with Crippen LogP contribution < -0.4 is 10.6 Å². The van der Waals surface area contributed by atoms with Crippen LogP contribution in [0.3, 0.4) is 0 Å². The molecule has 27 heavy (non-hydrogen) atoms. The quantitative estimate of drug-likeness (QED) is 0.282. The van der Waals surface area contributed by atoms with E-state index in [9.17, 15) is 0 Å². The van der Waals surface area contributed by atoms with Crippen LogP contribution in [0.1, 0.15) is 31.1 Å². The molecule has 0 saturated carbocycles. The molecule has 2 N–H and O–H groups in total. The van der Waals surface area contributed by atoms with Gasteiger partial charge in [-0.2, -0.15) is 0 Å². The fraction of sp³-hybridized carbons (Fsp3) is 0.476. The van der Waals surface area contributed by atoms with E-state index >= 15 is 0 Å². The maximum atomic E-state index is 5.98. The van der Waals surface area contributed by atoms with Crippen molar-refractivity contribution < 1.29 is 4.42 Å². The number of guanidine groups is 1. The van der Waals surface area contributed by atoms with Gasteiger partial charge in [0.25, 0.3) is 0 Å². The molecule has 1 aliphatic rings. The molecule has 3 rings (SSSR count). The monoisotopic (exact) mass is 482 g/mol. The number of halogens is 1. The molecule has 0 amide bonds. The molecule has 0 atom stereocenters. The lowest BCUT2D eigenvalue weighted by atomic mass is 10.1. The summed E-state index contributed by atoms with van der Waals surface area (Å²) < 4.78 is 5.98. The first kappa shape index (κ1) is 21.8. The number of hydrogen-bond donors (Lipinski definition) is 2. The second kappa shape index (κ2) is 10.7. The third-order valence-corrected chi connectivity index (χ3v) is 4.98. The van der Waals surface area contributed by atoms with E-state index in [1.807, 2.05) is 24.3 Å². The van der Waals surface area contributed by atoms with Gasteiger partial charge >= 0.3 is 0 Å². The Bertz CT molecular complexity index is 763. The number of likely N-dealkylation sites (tertiary alicyclic amines) is 1. The number of piperidine rings is 1. The molecule has 0 bridgehead atoms. The first-order chi connectivity index (χ1) is 12.7. The van der Waals surface area contributed by atoms with Crippen LogP contribution in [0.25, 0.3) is 11.0 Å². The molecule has 0 unspecified atom stereocenters. The number of rotatable bonds is 6. The van der Waals surface area contributed by atoms with Gasteiger partial charge in [0.1, 0.15) is 17.9 Å². The van der Waals surface area contributed by atoms with E-state index in [-0.39, 0.29) is 24.0 Å². The summed E-state index contributed by atoms with van der Waals surface area (Å²) in [6, 6.07) is 8.62. The number of fused-ring (bicyclic) bond motifs is 1. The summed E-state index contributed by atoms with van der Waals surface area (Å²) in [5.41, 5.74) is 2.11. The number of para-hydroxylation sites is 1. The summed E-state index contributed by atoms with van der Waals surface area (Å²) in [7, 11) is 0. The lowest BCUT2D eigenvalue weighted by molar-refractivity contribution is 0.225. The molecular weight excluding hydrogens is 451 g/mol. The third-order valence-electron chi connectivity index (χ3n) is 4.98. The minimum Gasteiger partial charge on any atom is -0.459 e. The number of aliphatic imine (C=N–C) groups is 1. The third kappa shape index (κ3) is 5.72. The molecular formula is C21H31IN4O. The Morgan fingerprint density at radius 2 is 2.07 bits per heavy atom. The van der Waals surface area contributed by atoms with Gasteiger partial charge in [-0.1, -0.05) is 24.3 Å². The summed E-state index contributed by atoms with van der Waals surface area (Å²) >= 11 is 0. The molecule has 0 radical (unpaired) electrons. The first-order valence-electron chi connectivity index (χ1n) is 9.56. The van der Waals surface area contributed by atoms with Crippen LogP contribution in [0.4, 0.5) is 0 Å². The van der Waals surface area contributed by atoms with E-state index in [0.29, 0.717) is 12.6 Å². The van der Waals surface area contributed by atoms with Crippen LogP contribution in [0.5, 0.6) is 0 Å². The predicted octanol–water partition coefficient (Wildman–Crippen LogP) is 4.06. The zero-order valence-corrected chi connectivity index (χ0v) is 18.7. The van der Waals surface area contributed by atoms with Crippen molar-refractivity contribution in [2.45, 2.75) is 39.3 Å². The van der Waals surface area contributed by atoms with Crippen molar-refractivity contribution in [1.29, 1.82) is 0 Å². The van der Waals surface area contributed by atoms with E-state index in [2.05, 4.69) is 42.0 Å². The van der Waals surface area contributed by atoms with Crippen molar-refractivity contribution >= 4 is 40.9 Å². The van der Waals surface area contributed by atoms with E-state index in [1.54, 1.807) is 0 Å². The SMILES string of the molecule is C=CCN1CCC(NC(=NCc2oc3ccccc3c2C)NCC)CC1.I. The molecule has 5 nitrogen and oxygen atoms in total. The fourth-order valence-electron chi connectivity index (χ4n) is 3.48. The van der Waals surface area contributed by atoms with Crippen LogP contribution in [0, 0.1) is 6.92 Å². The van der Waals surface area contributed by atoms with Gasteiger partial charge in [-0.25, -0.2) is 4.99 Å². The van der Waals surface area contributed by atoms with Crippen molar-refractivity contribution in [1.82, 2.24) is 15.5 Å². The molecule has 2 aromatic rings. The van der Waals surface area contributed by atoms with Crippen molar-refractivity contribution in [2.24, 2.45) is 4.99 Å². The van der Waals surface area contributed by atoms with E-state index in [1.165, 1.54) is 10.9 Å². The summed E-state index contributed by atoms with van der Waals surface area (Å²) in [5, 5.41) is 8.12. The van der Waals surface area contributed by atoms with Crippen molar-refractivity contribution in [3.05, 3.63) is 48.2 Å². The van der Waals surface area contributed by atoms with Gasteiger partial charge in [0.05, 0.1) is 0 Å². The zero-order chi connectivity index (χ0) is 18.4. The number of hydrogen-bond acceptors (Lipinski definition) is 3. The van der Waals surface area contributed by atoms with Gasteiger partial charge in [-0.15, -0.1) is 30.6 Å². The zero-order valence-electron chi connectivity index (χ0n) is 16.3. The van der Waals surface area contributed by atoms with Gasteiger partial charge < -0.3 is 15.1 Å². The van der Waals surface area contributed by atoms with Gasteiger partial charge in [-0.3, -0.25) is 4.90 Å². The summed E-state index contributed by atoms with van der Waals surface area (Å²) in [6.07, 6.45) is 4.23. The molecule has 148 valence electrons.